The molecule has 1 N–H and O–H groups in total. The van der Waals surface area contributed by atoms with Gasteiger partial charge >= 0.3 is 5.97 Å². The zero-order valence-electron chi connectivity index (χ0n) is 9.51. The third-order valence-electron chi connectivity index (χ3n) is 2.27. The number of carboxylic acids is 1. The van der Waals surface area contributed by atoms with Crippen LogP contribution in [-0.4, -0.2) is 36.3 Å². The molecule has 0 atom stereocenters. The van der Waals surface area contributed by atoms with E-state index < -0.39 is 5.97 Å². The van der Waals surface area contributed by atoms with Crippen LogP contribution in [0.15, 0.2) is 18.3 Å². The maximum absolute atomic E-state index is 10.5. The van der Waals surface area contributed by atoms with E-state index in [-0.39, 0.29) is 6.42 Å². The summed E-state index contributed by atoms with van der Waals surface area (Å²) in [5, 5.41) is 8.64. The van der Waals surface area contributed by atoms with Gasteiger partial charge in [0.25, 0.3) is 0 Å². The Hall–Kier alpha value is -1.78. The molecule has 5 heteroatoms. The number of rotatable bonds is 6. The van der Waals surface area contributed by atoms with E-state index in [1.165, 1.54) is 0 Å². The number of hydrogen-bond acceptors (Lipinski definition) is 4. The Morgan fingerprint density at radius 1 is 1.62 bits per heavy atom. The van der Waals surface area contributed by atoms with Crippen molar-refractivity contribution >= 4 is 11.7 Å². The van der Waals surface area contributed by atoms with Gasteiger partial charge in [-0.15, -0.1) is 0 Å². The molecular weight excluding hydrogens is 208 g/mol. The molecule has 1 aromatic rings. The summed E-state index contributed by atoms with van der Waals surface area (Å²) >= 11 is 0. The Kier molecular flexibility index (Phi) is 4.57. The molecule has 0 amide bonds. The minimum absolute atomic E-state index is 0.123. The first-order valence-electron chi connectivity index (χ1n) is 5.14. The van der Waals surface area contributed by atoms with E-state index in [2.05, 4.69) is 4.98 Å². The fraction of sp³-hybridized carbons (Fsp3) is 0.455. The van der Waals surface area contributed by atoms with Crippen molar-refractivity contribution in [1.82, 2.24) is 4.98 Å². The van der Waals surface area contributed by atoms with Crippen LogP contribution in [0.2, 0.25) is 0 Å². The van der Waals surface area contributed by atoms with Gasteiger partial charge in [-0.1, -0.05) is 0 Å². The maximum Gasteiger partial charge on any atom is 0.305 e. The molecule has 16 heavy (non-hydrogen) atoms. The number of hydrogen-bond donors (Lipinski definition) is 1. The zero-order chi connectivity index (χ0) is 12.0. The number of carboxylic acid groups (broad SMARTS) is 1. The molecule has 0 saturated heterocycles. The predicted octanol–water partition coefficient (Wildman–Crippen LogP) is 1.39. The summed E-state index contributed by atoms with van der Waals surface area (Å²) in [6, 6.07) is 3.64. The Bertz CT molecular complexity index is 355. The highest BCUT2D eigenvalue weighted by Gasteiger charge is 2.07. The molecule has 0 fully saturated rings. The van der Waals surface area contributed by atoms with Gasteiger partial charge in [-0.05, 0) is 13.0 Å². The molecule has 1 heterocycles. The summed E-state index contributed by atoms with van der Waals surface area (Å²) in [5.74, 6) is -0.259. The quantitative estimate of drug-likeness (QED) is 0.791. The number of anilines is 1. The van der Waals surface area contributed by atoms with Crippen molar-refractivity contribution in [3.8, 4) is 5.88 Å². The zero-order valence-corrected chi connectivity index (χ0v) is 9.51. The van der Waals surface area contributed by atoms with Crippen LogP contribution in [0.5, 0.6) is 5.88 Å². The standard InChI is InChI=1S/C11H16N2O3/c1-3-13(7-5-11(14)15)9-4-6-12-10(8-9)16-2/h4,6,8H,3,5,7H2,1-2H3,(H,14,15). The molecular formula is C11H16N2O3. The van der Waals surface area contributed by atoms with E-state index in [4.69, 9.17) is 9.84 Å². The van der Waals surface area contributed by atoms with Gasteiger partial charge in [0.15, 0.2) is 0 Å². The first-order chi connectivity index (χ1) is 7.67. The molecule has 0 aliphatic heterocycles. The lowest BCUT2D eigenvalue weighted by atomic mass is 10.3. The van der Waals surface area contributed by atoms with Crippen LogP contribution < -0.4 is 9.64 Å². The summed E-state index contributed by atoms with van der Waals surface area (Å²) in [6.45, 7) is 3.22. The molecule has 1 rings (SSSR count). The lowest BCUT2D eigenvalue weighted by Gasteiger charge is -2.22. The molecule has 0 bridgehead atoms. The third kappa shape index (κ3) is 3.42. The smallest absolute Gasteiger partial charge is 0.305 e. The summed E-state index contributed by atoms with van der Waals surface area (Å²) in [7, 11) is 1.56. The number of pyridine rings is 1. The van der Waals surface area contributed by atoms with E-state index in [0.29, 0.717) is 12.4 Å². The molecule has 1 aromatic heterocycles. The van der Waals surface area contributed by atoms with Crippen molar-refractivity contribution in [1.29, 1.82) is 0 Å². The summed E-state index contributed by atoms with van der Waals surface area (Å²) in [6.07, 6.45) is 1.77. The van der Waals surface area contributed by atoms with Crippen LogP contribution in [0, 0.1) is 0 Å². The Balaban J connectivity index is 2.73. The molecule has 0 aromatic carbocycles. The molecule has 0 spiro atoms. The average molecular weight is 224 g/mol. The molecule has 0 aliphatic rings. The van der Waals surface area contributed by atoms with Crippen LogP contribution in [0.3, 0.4) is 0 Å². The van der Waals surface area contributed by atoms with E-state index >= 15 is 0 Å². The molecule has 5 nitrogen and oxygen atoms in total. The first-order valence-corrected chi connectivity index (χ1v) is 5.14. The van der Waals surface area contributed by atoms with Crippen molar-refractivity contribution in [2.45, 2.75) is 13.3 Å². The maximum atomic E-state index is 10.5. The van der Waals surface area contributed by atoms with E-state index in [0.717, 1.165) is 12.2 Å². The normalized spacial score (nSPS) is 9.88. The molecule has 0 saturated carbocycles. The van der Waals surface area contributed by atoms with Crippen molar-refractivity contribution in [2.75, 3.05) is 25.1 Å². The number of aliphatic carboxylic acids is 1. The fourth-order valence-corrected chi connectivity index (χ4v) is 1.41. The third-order valence-corrected chi connectivity index (χ3v) is 2.27. The van der Waals surface area contributed by atoms with Gasteiger partial charge in [0.05, 0.1) is 13.5 Å². The second kappa shape index (κ2) is 5.95. The van der Waals surface area contributed by atoms with Crippen LogP contribution in [0.1, 0.15) is 13.3 Å². The first kappa shape index (κ1) is 12.3. The van der Waals surface area contributed by atoms with Crippen molar-refractivity contribution in [2.24, 2.45) is 0 Å². The summed E-state index contributed by atoms with van der Waals surface area (Å²) in [5.41, 5.74) is 0.926. The van der Waals surface area contributed by atoms with Gasteiger partial charge in [-0.25, -0.2) is 4.98 Å². The highest BCUT2D eigenvalue weighted by molar-refractivity contribution is 5.67. The number of aromatic nitrogens is 1. The predicted molar refractivity (Wildman–Crippen MR) is 60.9 cm³/mol. The lowest BCUT2D eigenvalue weighted by Crippen LogP contribution is -2.25. The van der Waals surface area contributed by atoms with Crippen LogP contribution in [0.25, 0.3) is 0 Å². The number of methoxy groups -OCH3 is 1. The second-order valence-corrected chi connectivity index (χ2v) is 3.28. The van der Waals surface area contributed by atoms with Gasteiger partial charge < -0.3 is 14.7 Å². The van der Waals surface area contributed by atoms with Gasteiger partial charge in [0.1, 0.15) is 0 Å². The van der Waals surface area contributed by atoms with Crippen molar-refractivity contribution < 1.29 is 14.6 Å². The van der Waals surface area contributed by atoms with Crippen molar-refractivity contribution in [3.63, 3.8) is 0 Å². The topological polar surface area (TPSA) is 62.7 Å². The van der Waals surface area contributed by atoms with Gasteiger partial charge in [-0.3, -0.25) is 4.79 Å². The van der Waals surface area contributed by atoms with Gasteiger partial charge in [0, 0.05) is 31.0 Å². The monoisotopic (exact) mass is 224 g/mol. The SMILES string of the molecule is CCN(CCC(=O)O)c1ccnc(OC)c1. The average Bonchev–Trinajstić information content (AvgIpc) is 2.30. The Morgan fingerprint density at radius 2 is 2.38 bits per heavy atom. The van der Waals surface area contributed by atoms with Gasteiger partial charge in [-0.2, -0.15) is 0 Å². The Morgan fingerprint density at radius 3 is 2.94 bits per heavy atom. The highest BCUT2D eigenvalue weighted by Crippen LogP contribution is 2.18. The van der Waals surface area contributed by atoms with Crippen LogP contribution in [0.4, 0.5) is 5.69 Å². The summed E-state index contributed by atoms with van der Waals surface area (Å²) in [4.78, 5) is 16.5. The van der Waals surface area contributed by atoms with E-state index in [1.807, 2.05) is 17.9 Å². The second-order valence-electron chi connectivity index (χ2n) is 3.28. The molecule has 88 valence electrons. The largest absolute Gasteiger partial charge is 0.481 e. The molecule has 0 unspecified atom stereocenters. The van der Waals surface area contributed by atoms with E-state index in [1.54, 1.807) is 19.4 Å². The minimum atomic E-state index is -0.792. The van der Waals surface area contributed by atoms with Gasteiger partial charge in [0.2, 0.25) is 5.88 Å². The van der Waals surface area contributed by atoms with Crippen LogP contribution in [-0.2, 0) is 4.79 Å². The van der Waals surface area contributed by atoms with Crippen LogP contribution >= 0.6 is 0 Å². The minimum Gasteiger partial charge on any atom is -0.481 e. The number of ether oxygens (including phenoxy) is 1. The number of carbonyl (C=O) groups is 1. The number of nitrogens with zero attached hydrogens (tertiary/aromatic N) is 2. The lowest BCUT2D eigenvalue weighted by molar-refractivity contribution is -0.136. The Labute approximate surface area is 94.7 Å². The van der Waals surface area contributed by atoms with Crippen molar-refractivity contribution in [3.05, 3.63) is 18.3 Å². The van der Waals surface area contributed by atoms with E-state index in [9.17, 15) is 4.79 Å². The summed E-state index contributed by atoms with van der Waals surface area (Å²) < 4.78 is 5.02. The molecule has 0 aliphatic carbocycles. The fourth-order valence-electron chi connectivity index (χ4n) is 1.41. The highest BCUT2D eigenvalue weighted by atomic mass is 16.5. The molecule has 0 radical (unpaired) electrons.